The molecule has 126 valence electrons. The Morgan fingerprint density at radius 3 is 2.61 bits per heavy atom. The molecule has 0 spiro atoms. The molecule has 2 rings (SSSR count). The first kappa shape index (κ1) is 17.0. The Morgan fingerprint density at radius 2 is 2.00 bits per heavy atom. The Morgan fingerprint density at radius 1 is 1.30 bits per heavy atom. The van der Waals surface area contributed by atoms with Gasteiger partial charge in [0.15, 0.2) is 6.61 Å². The van der Waals surface area contributed by atoms with E-state index in [0.29, 0.717) is 6.42 Å². The molecule has 23 heavy (non-hydrogen) atoms. The fourth-order valence-electron chi connectivity index (χ4n) is 2.74. The average Bonchev–Trinajstić information content (AvgIpc) is 2.84. The number of esters is 4. The van der Waals surface area contributed by atoms with Gasteiger partial charge in [-0.3, -0.25) is 9.59 Å². The molecule has 0 aromatic heterocycles. The number of carbonyl (C=O) groups excluding carboxylic acids is 4. The Bertz CT molecular complexity index is 552. The van der Waals surface area contributed by atoms with Gasteiger partial charge in [-0.15, -0.1) is 0 Å². The average molecular weight is 326 g/mol. The minimum Gasteiger partial charge on any atom is -0.469 e. The zero-order valence-electron chi connectivity index (χ0n) is 12.9. The van der Waals surface area contributed by atoms with Crippen molar-refractivity contribution in [3.05, 3.63) is 12.2 Å². The molecule has 1 saturated heterocycles. The van der Waals surface area contributed by atoms with Crippen LogP contribution in [-0.2, 0) is 38.1 Å². The van der Waals surface area contributed by atoms with Crippen LogP contribution < -0.4 is 0 Å². The van der Waals surface area contributed by atoms with Gasteiger partial charge in [0.05, 0.1) is 18.9 Å². The van der Waals surface area contributed by atoms with Gasteiger partial charge in [0.25, 0.3) is 0 Å². The van der Waals surface area contributed by atoms with Crippen LogP contribution in [0.1, 0.15) is 19.8 Å². The predicted molar refractivity (Wildman–Crippen MR) is 73.8 cm³/mol. The highest BCUT2D eigenvalue weighted by molar-refractivity contribution is 5.88. The first-order chi connectivity index (χ1) is 10.8. The van der Waals surface area contributed by atoms with E-state index in [1.54, 1.807) is 0 Å². The summed E-state index contributed by atoms with van der Waals surface area (Å²) in [5, 5.41) is 0. The first-order valence-corrected chi connectivity index (χ1v) is 7.14. The van der Waals surface area contributed by atoms with Crippen molar-refractivity contribution in [2.45, 2.75) is 32.0 Å². The van der Waals surface area contributed by atoms with Gasteiger partial charge in [-0.25, -0.2) is 9.59 Å². The molecule has 2 aliphatic rings. The van der Waals surface area contributed by atoms with Crippen LogP contribution in [0.5, 0.6) is 0 Å². The molecule has 4 unspecified atom stereocenters. The van der Waals surface area contributed by atoms with E-state index in [1.807, 2.05) is 0 Å². The minimum absolute atomic E-state index is 0.133. The van der Waals surface area contributed by atoms with Crippen molar-refractivity contribution in [1.82, 2.24) is 0 Å². The van der Waals surface area contributed by atoms with E-state index >= 15 is 0 Å². The number of methoxy groups -OCH3 is 1. The summed E-state index contributed by atoms with van der Waals surface area (Å²) in [6.07, 6.45) is -0.928. The molecule has 0 aromatic carbocycles. The maximum absolute atomic E-state index is 11.8. The Balaban J connectivity index is 1.95. The van der Waals surface area contributed by atoms with Crippen LogP contribution in [0.2, 0.25) is 0 Å². The second kappa shape index (κ2) is 6.80. The molecule has 1 aliphatic heterocycles. The highest BCUT2D eigenvalue weighted by atomic mass is 16.6. The van der Waals surface area contributed by atoms with Crippen LogP contribution in [0.3, 0.4) is 0 Å². The van der Waals surface area contributed by atoms with Crippen molar-refractivity contribution < 1.29 is 38.1 Å². The summed E-state index contributed by atoms with van der Waals surface area (Å²) in [6.45, 7) is 4.27. The van der Waals surface area contributed by atoms with E-state index in [1.165, 1.54) is 14.0 Å². The van der Waals surface area contributed by atoms with Crippen molar-refractivity contribution in [2.75, 3.05) is 13.7 Å². The largest absolute Gasteiger partial charge is 0.469 e. The molecule has 0 amide bonds. The van der Waals surface area contributed by atoms with Gasteiger partial charge >= 0.3 is 23.9 Å². The van der Waals surface area contributed by atoms with Crippen LogP contribution in [0, 0.1) is 11.8 Å². The van der Waals surface area contributed by atoms with Crippen molar-refractivity contribution >= 4 is 23.9 Å². The quantitative estimate of drug-likeness (QED) is 0.399. The van der Waals surface area contributed by atoms with Gasteiger partial charge in [-0.05, 0) is 6.92 Å². The second-order valence-corrected chi connectivity index (χ2v) is 5.57. The van der Waals surface area contributed by atoms with Gasteiger partial charge in [-0.2, -0.15) is 0 Å². The van der Waals surface area contributed by atoms with E-state index < -0.39 is 54.5 Å². The number of hydrogen-bond donors (Lipinski definition) is 0. The molecule has 1 aliphatic carbocycles. The third kappa shape index (κ3) is 3.69. The van der Waals surface area contributed by atoms with Gasteiger partial charge in [0.1, 0.15) is 12.2 Å². The molecule has 0 radical (unpaired) electrons. The smallest absolute Gasteiger partial charge is 0.344 e. The SMILES string of the molecule is C=C(C)C(=O)OCC(=O)OC1CC(C(=O)OC)C2CC1OC2=O. The van der Waals surface area contributed by atoms with Crippen LogP contribution >= 0.6 is 0 Å². The summed E-state index contributed by atoms with van der Waals surface area (Å²) in [5.41, 5.74) is 0.161. The Labute approximate surface area is 132 Å². The summed E-state index contributed by atoms with van der Waals surface area (Å²) in [7, 11) is 1.23. The lowest BCUT2D eigenvalue weighted by Gasteiger charge is -2.29. The summed E-state index contributed by atoms with van der Waals surface area (Å²) in [6, 6.07) is 0. The topological polar surface area (TPSA) is 105 Å². The fourth-order valence-corrected chi connectivity index (χ4v) is 2.74. The van der Waals surface area contributed by atoms with Crippen LogP contribution in [0.15, 0.2) is 12.2 Å². The number of rotatable bonds is 5. The van der Waals surface area contributed by atoms with Crippen molar-refractivity contribution in [3.8, 4) is 0 Å². The third-order valence-corrected chi connectivity index (χ3v) is 3.90. The molecule has 1 heterocycles. The van der Waals surface area contributed by atoms with Crippen LogP contribution in [-0.4, -0.2) is 49.8 Å². The zero-order valence-corrected chi connectivity index (χ0v) is 12.9. The summed E-state index contributed by atoms with van der Waals surface area (Å²) in [4.78, 5) is 46.5. The standard InChI is InChI=1S/C15H18O8/c1-7(2)13(17)21-6-12(16)22-10-4-8(14(18)20-3)9-5-11(10)23-15(9)19/h8-11H,1,4-6H2,2-3H3. The molecule has 8 heteroatoms. The summed E-state index contributed by atoms with van der Waals surface area (Å²) < 4.78 is 19.7. The van der Waals surface area contributed by atoms with E-state index in [-0.39, 0.29) is 12.0 Å². The normalized spacial score (nSPS) is 28.5. The summed E-state index contributed by atoms with van der Waals surface area (Å²) in [5.74, 6) is -3.79. The van der Waals surface area contributed by atoms with Crippen molar-refractivity contribution in [1.29, 1.82) is 0 Å². The van der Waals surface area contributed by atoms with Gasteiger partial charge in [0.2, 0.25) is 0 Å². The number of carbonyl (C=O) groups is 4. The van der Waals surface area contributed by atoms with E-state index in [2.05, 4.69) is 11.3 Å². The molecule has 1 saturated carbocycles. The predicted octanol–water partition coefficient (Wildman–Crippen LogP) is 0.142. The molecule has 4 atom stereocenters. The molecule has 2 bridgehead atoms. The maximum atomic E-state index is 11.8. The molecule has 0 aromatic rings. The lowest BCUT2D eigenvalue weighted by Crippen LogP contribution is -2.41. The molecular formula is C15H18O8. The Hall–Kier alpha value is -2.38. The van der Waals surface area contributed by atoms with Gasteiger partial charge in [0, 0.05) is 18.4 Å². The number of fused-ring (bicyclic) bond motifs is 2. The summed E-state index contributed by atoms with van der Waals surface area (Å²) >= 11 is 0. The van der Waals surface area contributed by atoms with Gasteiger partial charge in [-0.1, -0.05) is 6.58 Å². The minimum atomic E-state index is -0.783. The van der Waals surface area contributed by atoms with Crippen LogP contribution in [0.25, 0.3) is 0 Å². The monoisotopic (exact) mass is 326 g/mol. The number of hydrogen-bond acceptors (Lipinski definition) is 8. The lowest BCUT2D eigenvalue weighted by molar-refractivity contribution is -0.169. The molecule has 2 fully saturated rings. The van der Waals surface area contributed by atoms with Crippen LogP contribution in [0.4, 0.5) is 0 Å². The maximum Gasteiger partial charge on any atom is 0.344 e. The fraction of sp³-hybridized carbons (Fsp3) is 0.600. The first-order valence-electron chi connectivity index (χ1n) is 7.14. The zero-order chi connectivity index (χ0) is 17.1. The molecule has 8 nitrogen and oxygen atoms in total. The molecule has 0 N–H and O–H groups in total. The van der Waals surface area contributed by atoms with Gasteiger partial charge < -0.3 is 18.9 Å². The Kier molecular flexibility index (Phi) is 5.02. The number of ether oxygens (including phenoxy) is 4. The lowest BCUT2D eigenvalue weighted by atomic mass is 9.78. The second-order valence-electron chi connectivity index (χ2n) is 5.57. The highest BCUT2D eigenvalue weighted by Gasteiger charge is 2.53. The highest BCUT2D eigenvalue weighted by Crippen LogP contribution is 2.40. The van der Waals surface area contributed by atoms with E-state index in [0.717, 1.165) is 0 Å². The molecular weight excluding hydrogens is 308 g/mol. The van der Waals surface area contributed by atoms with Crippen molar-refractivity contribution in [3.63, 3.8) is 0 Å². The van der Waals surface area contributed by atoms with E-state index in [9.17, 15) is 19.2 Å². The van der Waals surface area contributed by atoms with E-state index in [4.69, 9.17) is 14.2 Å². The third-order valence-electron chi connectivity index (χ3n) is 3.90. The van der Waals surface area contributed by atoms with Crippen molar-refractivity contribution in [2.24, 2.45) is 11.8 Å².